The van der Waals surface area contributed by atoms with Gasteiger partial charge in [-0.15, -0.1) is 5.10 Å². The van der Waals surface area contributed by atoms with Crippen LogP contribution in [0.4, 0.5) is 5.69 Å². The summed E-state index contributed by atoms with van der Waals surface area (Å²) in [5.41, 5.74) is 6.24. The van der Waals surface area contributed by atoms with Crippen molar-refractivity contribution in [2.45, 2.75) is 0 Å². The van der Waals surface area contributed by atoms with E-state index in [4.69, 9.17) is 10.5 Å². The molecule has 1 aromatic carbocycles. The van der Waals surface area contributed by atoms with Crippen LogP contribution in [0, 0.1) is 0 Å². The Labute approximate surface area is 103 Å². The molecular formula is C11H12N4O3. The molecule has 0 aliphatic heterocycles. The zero-order valence-electron chi connectivity index (χ0n) is 9.95. The highest BCUT2D eigenvalue weighted by atomic mass is 16.5. The van der Waals surface area contributed by atoms with Gasteiger partial charge in [-0.25, -0.2) is 4.79 Å². The fourth-order valence-electron chi connectivity index (χ4n) is 1.36. The number of carbonyl (C=O) groups is 1. The van der Waals surface area contributed by atoms with Gasteiger partial charge in [0.1, 0.15) is 12.1 Å². The maximum absolute atomic E-state index is 11.4. The van der Waals surface area contributed by atoms with Crippen LogP contribution < -0.4 is 10.5 Å². The number of nitrogens with zero attached hydrogens (tertiary/aromatic N) is 3. The molecule has 94 valence electrons. The van der Waals surface area contributed by atoms with E-state index in [-0.39, 0.29) is 11.6 Å². The summed E-state index contributed by atoms with van der Waals surface area (Å²) in [6, 6.07) is 4.86. The average molecular weight is 248 g/mol. The molecule has 2 aromatic rings. The molecule has 1 aromatic heterocycles. The van der Waals surface area contributed by atoms with Gasteiger partial charge in [0.05, 0.1) is 12.7 Å². The number of esters is 1. The summed E-state index contributed by atoms with van der Waals surface area (Å²) in [5, 5.41) is 3.96. The van der Waals surface area contributed by atoms with Gasteiger partial charge in [-0.1, -0.05) is 0 Å². The minimum Gasteiger partial charge on any atom is -0.465 e. The Morgan fingerprint density at radius 1 is 1.44 bits per heavy atom. The van der Waals surface area contributed by atoms with Gasteiger partial charge < -0.3 is 15.2 Å². The highest BCUT2D eigenvalue weighted by molar-refractivity contribution is 5.95. The summed E-state index contributed by atoms with van der Waals surface area (Å²) in [4.78, 5) is 15.4. The quantitative estimate of drug-likeness (QED) is 0.642. The summed E-state index contributed by atoms with van der Waals surface area (Å²) >= 11 is 0. The summed E-state index contributed by atoms with van der Waals surface area (Å²) in [5.74, 6) is -0.109. The number of hydrogen-bond donors (Lipinski definition) is 1. The van der Waals surface area contributed by atoms with E-state index in [1.165, 1.54) is 24.2 Å². The fraction of sp³-hybridized carbons (Fsp3) is 0.182. The van der Waals surface area contributed by atoms with Crippen molar-refractivity contribution >= 4 is 11.7 Å². The summed E-state index contributed by atoms with van der Waals surface area (Å²) in [7, 11) is 3.01. The lowest BCUT2D eigenvalue weighted by Crippen LogP contribution is -2.05. The molecule has 0 atom stereocenters. The number of ether oxygens (including phenoxy) is 2. The second-order valence-electron chi connectivity index (χ2n) is 3.54. The molecule has 7 heteroatoms. The Morgan fingerprint density at radius 3 is 2.83 bits per heavy atom. The van der Waals surface area contributed by atoms with E-state index in [0.717, 1.165) is 0 Å². The van der Waals surface area contributed by atoms with Gasteiger partial charge in [-0.2, -0.15) is 4.98 Å². The van der Waals surface area contributed by atoms with E-state index in [1.807, 2.05) is 0 Å². The van der Waals surface area contributed by atoms with E-state index in [2.05, 4.69) is 14.8 Å². The van der Waals surface area contributed by atoms with Crippen molar-refractivity contribution in [3.8, 4) is 11.8 Å². The van der Waals surface area contributed by atoms with Crippen LogP contribution in [0.3, 0.4) is 0 Å². The van der Waals surface area contributed by atoms with Crippen molar-refractivity contribution in [1.29, 1.82) is 0 Å². The molecule has 0 saturated heterocycles. The van der Waals surface area contributed by atoms with Crippen molar-refractivity contribution in [3.63, 3.8) is 0 Å². The number of nitrogens with two attached hydrogens (primary N) is 1. The number of rotatable bonds is 3. The van der Waals surface area contributed by atoms with Crippen LogP contribution >= 0.6 is 0 Å². The smallest absolute Gasteiger partial charge is 0.340 e. The number of methoxy groups -OCH3 is 1. The predicted molar refractivity (Wildman–Crippen MR) is 63.3 cm³/mol. The van der Waals surface area contributed by atoms with E-state index >= 15 is 0 Å². The maximum atomic E-state index is 11.4. The molecule has 0 fully saturated rings. The van der Waals surface area contributed by atoms with Crippen molar-refractivity contribution in [2.75, 3.05) is 12.8 Å². The topological polar surface area (TPSA) is 92.3 Å². The Kier molecular flexibility index (Phi) is 3.13. The number of aryl methyl sites for hydroxylation is 1. The first-order valence-corrected chi connectivity index (χ1v) is 5.11. The number of aromatic nitrogens is 3. The van der Waals surface area contributed by atoms with Gasteiger partial charge in [0.2, 0.25) is 0 Å². The largest absolute Gasteiger partial charge is 0.465 e. The van der Waals surface area contributed by atoms with Crippen molar-refractivity contribution in [2.24, 2.45) is 7.05 Å². The molecule has 0 radical (unpaired) electrons. The molecule has 0 amide bonds. The molecule has 7 nitrogen and oxygen atoms in total. The van der Waals surface area contributed by atoms with E-state index in [9.17, 15) is 4.79 Å². The van der Waals surface area contributed by atoms with Crippen molar-refractivity contribution in [1.82, 2.24) is 14.8 Å². The lowest BCUT2D eigenvalue weighted by molar-refractivity contribution is 0.0601. The summed E-state index contributed by atoms with van der Waals surface area (Å²) < 4.78 is 11.5. The third-order valence-corrected chi connectivity index (χ3v) is 2.22. The third kappa shape index (κ3) is 2.40. The van der Waals surface area contributed by atoms with Gasteiger partial charge in [-0.05, 0) is 18.2 Å². The molecule has 2 rings (SSSR count). The first-order valence-electron chi connectivity index (χ1n) is 5.11. The van der Waals surface area contributed by atoms with Crippen LogP contribution in [-0.4, -0.2) is 27.8 Å². The molecule has 0 saturated carbocycles. The first kappa shape index (κ1) is 11.9. The number of hydrogen-bond acceptors (Lipinski definition) is 6. The third-order valence-electron chi connectivity index (χ3n) is 2.22. The van der Waals surface area contributed by atoms with Crippen LogP contribution in [0.25, 0.3) is 0 Å². The minimum atomic E-state index is -0.521. The number of anilines is 1. The molecule has 0 spiro atoms. The molecule has 2 N–H and O–H groups in total. The Balaban J connectivity index is 2.27. The average Bonchev–Trinajstić information content (AvgIpc) is 2.76. The van der Waals surface area contributed by atoms with E-state index < -0.39 is 5.97 Å². The van der Waals surface area contributed by atoms with Crippen LogP contribution in [0.5, 0.6) is 11.8 Å². The monoisotopic (exact) mass is 248 g/mol. The highest BCUT2D eigenvalue weighted by Gasteiger charge is 2.12. The van der Waals surface area contributed by atoms with Crippen molar-refractivity contribution < 1.29 is 14.3 Å². The fourth-order valence-corrected chi connectivity index (χ4v) is 1.36. The second-order valence-corrected chi connectivity index (χ2v) is 3.54. The highest BCUT2D eigenvalue weighted by Crippen LogP contribution is 2.23. The van der Waals surface area contributed by atoms with Crippen LogP contribution in [0.15, 0.2) is 24.5 Å². The lowest BCUT2D eigenvalue weighted by atomic mass is 10.2. The molecule has 0 unspecified atom stereocenters. The van der Waals surface area contributed by atoms with Gasteiger partial charge in [-0.3, -0.25) is 4.68 Å². The SMILES string of the molecule is COC(=O)c1cc(Oc2ncn(C)n2)ccc1N. The maximum Gasteiger partial charge on any atom is 0.340 e. The van der Waals surface area contributed by atoms with Gasteiger partial charge in [0.25, 0.3) is 0 Å². The zero-order valence-corrected chi connectivity index (χ0v) is 9.95. The molecule has 0 aliphatic rings. The van der Waals surface area contributed by atoms with Gasteiger partial charge in [0, 0.05) is 12.7 Å². The first-order chi connectivity index (χ1) is 8.60. The lowest BCUT2D eigenvalue weighted by Gasteiger charge is -2.06. The second kappa shape index (κ2) is 4.74. The number of benzene rings is 1. The Hall–Kier alpha value is -2.57. The zero-order chi connectivity index (χ0) is 13.1. The summed E-state index contributed by atoms with van der Waals surface area (Å²) in [6.45, 7) is 0. The molecule has 0 aliphatic carbocycles. The number of carbonyl (C=O) groups excluding carboxylic acids is 1. The van der Waals surface area contributed by atoms with Gasteiger partial charge in [0.15, 0.2) is 0 Å². The van der Waals surface area contributed by atoms with Crippen LogP contribution in [0.1, 0.15) is 10.4 Å². The van der Waals surface area contributed by atoms with E-state index in [1.54, 1.807) is 19.2 Å². The van der Waals surface area contributed by atoms with E-state index in [0.29, 0.717) is 11.4 Å². The minimum absolute atomic E-state index is 0.193. The van der Waals surface area contributed by atoms with Crippen molar-refractivity contribution in [3.05, 3.63) is 30.1 Å². The molecular weight excluding hydrogens is 236 g/mol. The Bertz CT molecular complexity index is 579. The predicted octanol–water partition coefficient (Wildman–Crippen LogP) is 0.976. The standard InChI is InChI=1S/C11H12N4O3/c1-15-6-13-11(14-15)18-7-3-4-9(12)8(5-7)10(16)17-2/h3-6H,12H2,1-2H3. The van der Waals surface area contributed by atoms with Gasteiger partial charge >= 0.3 is 12.0 Å². The molecule has 1 heterocycles. The Morgan fingerprint density at radius 2 is 2.22 bits per heavy atom. The summed E-state index contributed by atoms with van der Waals surface area (Å²) in [6.07, 6.45) is 1.51. The van der Waals surface area contributed by atoms with Crippen LogP contribution in [-0.2, 0) is 11.8 Å². The van der Waals surface area contributed by atoms with Crippen LogP contribution in [0.2, 0.25) is 0 Å². The normalized spacial score (nSPS) is 10.1. The number of nitrogen functional groups attached to an aromatic ring is 1. The molecule has 18 heavy (non-hydrogen) atoms. The molecule has 0 bridgehead atoms.